The van der Waals surface area contributed by atoms with E-state index in [1.807, 2.05) is 19.9 Å². The van der Waals surface area contributed by atoms with Gasteiger partial charge in [0, 0.05) is 12.2 Å². The lowest BCUT2D eigenvalue weighted by Crippen LogP contribution is -2.36. The predicted molar refractivity (Wildman–Crippen MR) is 68.7 cm³/mol. The number of rotatable bonds is 3. The van der Waals surface area contributed by atoms with Gasteiger partial charge in [-0.05, 0) is 57.8 Å². The van der Waals surface area contributed by atoms with Crippen LogP contribution in [0.2, 0.25) is 0 Å². The summed E-state index contributed by atoms with van der Waals surface area (Å²) in [6.07, 6.45) is 2.04. The molecule has 0 bridgehead atoms. The number of aliphatic hydroxyl groups is 1. The molecule has 94 valence electrons. The van der Waals surface area contributed by atoms with Crippen LogP contribution in [0.4, 0.5) is 0 Å². The van der Waals surface area contributed by atoms with Gasteiger partial charge in [0.05, 0.1) is 11.8 Å². The molecule has 3 heteroatoms. The molecule has 1 aliphatic rings. The summed E-state index contributed by atoms with van der Waals surface area (Å²) in [5.41, 5.74) is 2.24. The minimum Gasteiger partial charge on any atom is -0.393 e. The van der Waals surface area contributed by atoms with Crippen molar-refractivity contribution >= 4 is 0 Å². The Kier molecular flexibility index (Phi) is 4.13. The van der Waals surface area contributed by atoms with Gasteiger partial charge in [-0.3, -0.25) is 9.88 Å². The molecule has 1 aliphatic heterocycles. The van der Waals surface area contributed by atoms with Crippen molar-refractivity contribution in [3.63, 3.8) is 0 Å². The molecule has 1 atom stereocenters. The lowest BCUT2D eigenvalue weighted by atomic mass is 9.92. The zero-order valence-corrected chi connectivity index (χ0v) is 10.8. The summed E-state index contributed by atoms with van der Waals surface area (Å²) < 4.78 is 0. The average molecular weight is 234 g/mol. The fraction of sp³-hybridized carbons (Fsp3) is 0.643. The summed E-state index contributed by atoms with van der Waals surface area (Å²) in [4.78, 5) is 6.96. The molecule has 1 N–H and O–H groups in total. The van der Waals surface area contributed by atoms with E-state index in [9.17, 15) is 5.11 Å². The number of piperidine rings is 1. The highest BCUT2D eigenvalue weighted by Gasteiger charge is 2.22. The minimum atomic E-state index is -0.158. The Morgan fingerprint density at radius 1 is 1.41 bits per heavy atom. The number of likely N-dealkylation sites (tertiary alicyclic amines) is 1. The number of aromatic nitrogens is 1. The van der Waals surface area contributed by atoms with E-state index in [0.717, 1.165) is 43.9 Å². The molecule has 1 saturated heterocycles. The second-order valence-electron chi connectivity index (χ2n) is 5.12. The third-order valence-electron chi connectivity index (χ3n) is 3.65. The Balaban J connectivity index is 1.86. The molecule has 3 nitrogen and oxygen atoms in total. The Morgan fingerprint density at radius 2 is 2.12 bits per heavy atom. The fourth-order valence-corrected chi connectivity index (χ4v) is 2.51. The predicted octanol–water partition coefficient (Wildman–Crippen LogP) is 1.98. The molecule has 1 aromatic rings. The van der Waals surface area contributed by atoms with E-state index in [0.29, 0.717) is 5.92 Å². The van der Waals surface area contributed by atoms with Crippen LogP contribution in [0.1, 0.15) is 31.2 Å². The average Bonchev–Trinajstić information content (AvgIpc) is 2.29. The third kappa shape index (κ3) is 3.51. The first-order chi connectivity index (χ1) is 8.15. The molecule has 1 unspecified atom stereocenters. The van der Waals surface area contributed by atoms with Crippen molar-refractivity contribution in [3.8, 4) is 0 Å². The fourth-order valence-electron chi connectivity index (χ4n) is 2.51. The number of pyridine rings is 1. The Bertz CT molecular complexity index is 357. The summed E-state index contributed by atoms with van der Waals surface area (Å²) in [6.45, 7) is 7.02. The van der Waals surface area contributed by atoms with Crippen molar-refractivity contribution in [3.05, 3.63) is 29.6 Å². The maximum absolute atomic E-state index is 9.56. The number of aryl methyl sites for hydroxylation is 1. The van der Waals surface area contributed by atoms with Crippen molar-refractivity contribution in [2.45, 2.75) is 39.3 Å². The molecule has 0 radical (unpaired) electrons. The molecule has 1 aromatic heterocycles. The highest BCUT2D eigenvalue weighted by molar-refractivity contribution is 5.09. The van der Waals surface area contributed by atoms with Gasteiger partial charge < -0.3 is 5.11 Å². The minimum absolute atomic E-state index is 0.158. The van der Waals surface area contributed by atoms with Gasteiger partial charge in [-0.15, -0.1) is 0 Å². The van der Waals surface area contributed by atoms with Gasteiger partial charge in [0.15, 0.2) is 0 Å². The zero-order chi connectivity index (χ0) is 12.3. The van der Waals surface area contributed by atoms with Crippen LogP contribution in [-0.4, -0.2) is 34.2 Å². The number of aliphatic hydroxyl groups excluding tert-OH is 1. The maximum Gasteiger partial charge on any atom is 0.0547 e. The molecule has 2 heterocycles. The molecular weight excluding hydrogens is 212 g/mol. The van der Waals surface area contributed by atoms with Crippen LogP contribution in [0.3, 0.4) is 0 Å². The quantitative estimate of drug-likeness (QED) is 0.869. The molecule has 2 rings (SSSR count). The molecule has 0 amide bonds. The highest BCUT2D eigenvalue weighted by Crippen LogP contribution is 2.21. The number of hydrogen-bond donors (Lipinski definition) is 1. The van der Waals surface area contributed by atoms with Gasteiger partial charge in [-0.2, -0.15) is 0 Å². The first kappa shape index (κ1) is 12.5. The Morgan fingerprint density at radius 3 is 2.71 bits per heavy atom. The van der Waals surface area contributed by atoms with E-state index in [-0.39, 0.29) is 6.10 Å². The van der Waals surface area contributed by atoms with Crippen LogP contribution >= 0.6 is 0 Å². The van der Waals surface area contributed by atoms with Gasteiger partial charge in [0.1, 0.15) is 0 Å². The van der Waals surface area contributed by atoms with Crippen molar-refractivity contribution in [1.82, 2.24) is 9.88 Å². The second kappa shape index (κ2) is 5.61. The van der Waals surface area contributed by atoms with E-state index in [1.54, 1.807) is 0 Å². The van der Waals surface area contributed by atoms with Crippen LogP contribution in [0, 0.1) is 12.8 Å². The maximum atomic E-state index is 9.56. The monoisotopic (exact) mass is 234 g/mol. The number of hydrogen-bond acceptors (Lipinski definition) is 3. The summed E-state index contributed by atoms with van der Waals surface area (Å²) >= 11 is 0. The molecule has 0 aromatic carbocycles. The summed E-state index contributed by atoms with van der Waals surface area (Å²) in [5, 5.41) is 9.56. The zero-order valence-electron chi connectivity index (χ0n) is 10.8. The molecule has 1 fully saturated rings. The van der Waals surface area contributed by atoms with Crippen LogP contribution in [0.15, 0.2) is 18.2 Å². The Hall–Kier alpha value is -0.930. The van der Waals surface area contributed by atoms with Crippen LogP contribution in [0.25, 0.3) is 0 Å². The molecule has 0 saturated carbocycles. The standard InChI is InChI=1S/C14H22N2O/c1-11-4-3-5-14(15-11)10-16-8-6-13(7-9-16)12(2)17/h3-5,12-13,17H,6-10H2,1-2H3. The first-order valence-corrected chi connectivity index (χ1v) is 6.48. The summed E-state index contributed by atoms with van der Waals surface area (Å²) in [7, 11) is 0. The topological polar surface area (TPSA) is 36.4 Å². The van der Waals surface area contributed by atoms with Crippen molar-refractivity contribution in [2.24, 2.45) is 5.92 Å². The van der Waals surface area contributed by atoms with Crippen molar-refractivity contribution in [2.75, 3.05) is 13.1 Å². The van der Waals surface area contributed by atoms with Crippen LogP contribution < -0.4 is 0 Å². The molecular formula is C14H22N2O. The van der Waals surface area contributed by atoms with Crippen molar-refractivity contribution < 1.29 is 5.11 Å². The van der Waals surface area contributed by atoms with Gasteiger partial charge in [-0.25, -0.2) is 0 Å². The second-order valence-corrected chi connectivity index (χ2v) is 5.12. The van der Waals surface area contributed by atoms with Gasteiger partial charge >= 0.3 is 0 Å². The molecule has 17 heavy (non-hydrogen) atoms. The SMILES string of the molecule is Cc1cccc(CN2CCC(C(C)O)CC2)n1. The number of nitrogens with zero attached hydrogens (tertiary/aromatic N) is 2. The summed E-state index contributed by atoms with van der Waals surface area (Å²) in [5.74, 6) is 0.483. The van der Waals surface area contributed by atoms with E-state index in [1.165, 1.54) is 0 Å². The Labute approximate surface area is 103 Å². The van der Waals surface area contributed by atoms with Crippen LogP contribution in [-0.2, 0) is 6.54 Å². The third-order valence-corrected chi connectivity index (χ3v) is 3.65. The largest absolute Gasteiger partial charge is 0.393 e. The van der Waals surface area contributed by atoms with E-state index in [4.69, 9.17) is 0 Å². The smallest absolute Gasteiger partial charge is 0.0547 e. The van der Waals surface area contributed by atoms with E-state index < -0.39 is 0 Å². The first-order valence-electron chi connectivity index (χ1n) is 6.48. The lowest BCUT2D eigenvalue weighted by molar-refractivity contribution is 0.0691. The van der Waals surface area contributed by atoms with E-state index in [2.05, 4.69) is 22.0 Å². The highest BCUT2D eigenvalue weighted by atomic mass is 16.3. The molecule has 0 aliphatic carbocycles. The normalized spacial score (nSPS) is 20.4. The lowest BCUT2D eigenvalue weighted by Gasteiger charge is -2.33. The van der Waals surface area contributed by atoms with Crippen molar-refractivity contribution in [1.29, 1.82) is 0 Å². The van der Waals surface area contributed by atoms with Gasteiger partial charge in [0.2, 0.25) is 0 Å². The summed E-state index contributed by atoms with van der Waals surface area (Å²) in [6, 6.07) is 6.19. The van der Waals surface area contributed by atoms with Gasteiger partial charge in [0.25, 0.3) is 0 Å². The van der Waals surface area contributed by atoms with Gasteiger partial charge in [-0.1, -0.05) is 6.07 Å². The van der Waals surface area contributed by atoms with Crippen LogP contribution in [0.5, 0.6) is 0 Å². The molecule has 0 spiro atoms. The van der Waals surface area contributed by atoms with E-state index >= 15 is 0 Å².